The average molecular weight is 418 g/mol. The van der Waals surface area contributed by atoms with Crippen LogP contribution >= 0.6 is 7.26 Å². The van der Waals surface area contributed by atoms with Crippen molar-refractivity contribution in [3.05, 3.63) is 90.5 Å². The summed E-state index contributed by atoms with van der Waals surface area (Å²) in [7, 11) is -1.66. The Morgan fingerprint density at radius 3 is 1.37 bits per heavy atom. The van der Waals surface area contributed by atoms with E-state index >= 15 is 0 Å². The van der Waals surface area contributed by atoms with Gasteiger partial charge in [-0.1, -0.05) is 90.1 Å². The Morgan fingerprint density at radius 1 is 0.600 bits per heavy atom. The maximum Gasteiger partial charge on any atom is 0.109 e. The van der Waals surface area contributed by atoms with Gasteiger partial charge < -0.3 is 0 Å². The molecule has 0 spiro atoms. The zero-order chi connectivity index (χ0) is 22.0. The first-order chi connectivity index (χ1) is 14.0. The molecule has 0 aliphatic heterocycles. The molecule has 3 rings (SSSR count). The third kappa shape index (κ3) is 5.04. The molecule has 0 aromatic heterocycles. The van der Waals surface area contributed by atoms with Crippen LogP contribution in [0.4, 0.5) is 0 Å². The van der Waals surface area contributed by atoms with E-state index in [1.165, 1.54) is 27.9 Å². The molecule has 0 nitrogen and oxygen atoms in total. The van der Waals surface area contributed by atoms with Crippen molar-refractivity contribution < 1.29 is 0 Å². The Balaban J connectivity index is 2.07. The van der Waals surface area contributed by atoms with E-state index in [0.717, 1.165) is 0 Å². The van der Waals surface area contributed by atoms with E-state index in [1.807, 2.05) is 0 Å². The van der Waals surface area contributed by atoms with E-state index < -0.39 is 7.26 Å². The highest BCUT2D eigenvalue weighted by Gasteiger charge is 2.40. The third-order valence-electron chi connectivity index (χ3n) is 6.22. The van der Waals surface area contributed by atoms with Crippen molar-refractivity contribution >= 4 is 23.2 Å². The van der Waals surface area contributed by atoms with Crippen molar-refractivity contribution in [2.45, 2.75) is 53.9 Å². The van der Waals surface area contributed by atoms with Gasteiger partial charge in [0.15, 0.2) is 0 Å². The quantitative estimate of drug-likeness (QED) is 0.386. The fourth-order valence-corrected chi connectivity index (χ4v) is 7.62. The molecule has 0 heterocycles. The van der Waals surface area contributed by atoms with Gasteiger partial charge in [0, 0.05) is 0 Å². The standard InChI is InChI=1S/C29H38P/c1-28(2,3)22-27(29(4,5)6)23-18-20-26(21-19-23)30(7,24-14-10-8-11-15-24)25-16-12-9-13-17-25/h8-21,27H,22H2,1-7H3/q+1. The summed E-state index contributed by atoms with van der Waals surface area (Å²) in [5.41, 5.74) is 2.02. The van der Waals surface area contributed by atoms with Crippen molar-refractivity contribution in [1.82, 2.24) is 0 Å². The summed E-state index contributed by atoms with van der Waals surface area (Å²) in [4.78, 5) is 0. The highest BCUT2D eigenvalue weighted by Crippen LogP contribution is 2.52. The van der Waals surface area contributed by atoms with E-state index in [2.05, 4.69) is 133 Å². The first kappa shape index (κ1) is 22.8. The topological polar surface area (TPSA) is 0 Å². The van der Waals surface area contributed by atoms with Crippen LogP contribution in [-0.2, 0) is 0 Å². The van der Waals surface area contributed by atoms with Gasteiger partial charge >= 0.3 is 0 Å². The predicted molar refractivity (Wildman–Crippen MR) is 137 cm³/mol. The fraction of sp³-hybridized carbons (Fsp3) is 0.379. The number of hydrogen-bond acceptors (Lipinski definition) is 0. The lowest BCUT2D eigenvalue weighted by Gasteiger charge is -2.36. The van der Waals surface area contributed by atoms with Gasteiger partial charge in [0.1, 0.15) is 23.2 Å². The maximum atomic E-state index is 2.46. The van der Waals surface area contributed by atoms with Crippen LogP contribution in [0.1, 0.15) is 59.4 Å². The molecule has 0 aliphatic carbocycles. The lowest BCUT2D eigenvalue weighted by molar-refractivity contribution is 0.229. The molecule has 0 radical (unpaired) electrons. The van der Waals surface area contributed by atoms with Crippen LogP contribution in [0.3, 0.4) is 0 Å². The molecule has 3 aromatic carbocycles. The monoisotopic (exact) mass is 417 g/mol. The van der Waals surface area contributed by atoms with E-state index in [4.69, 9.17) is 0 Å². The fourth-order valence-electron chi connectivity index (χ4n) is 4.44. The molecule has 0 fully saturated rings. The van der Waals surface area contributed by atoms with Crippen molar-refractivity contribution in [1.29, 1.82) is 0 Å². The minimum Gasteiger partial charge on any atom is -0.0620 e. The Kier molecular flexibility index (Phi) is 6.59. The van der Waals surface area contributed by atoms with E-state index in [-0.39, 0.29) is 5.41 Å². The van der Waals surface area contributed by atoms with E-state index in [0.29, 0.717) is 11.3 Å². The Morgan fingerprint density at radius 2 is 1.00 bits per heavy atom. The largest absolute Gasteiger partial charge is 0.109 e. The summed E-state index contributed by atoms with van der Waals surface area (Å²) >= 11 is 0. The molecule has 0 amide bonds. The minimum atomic E-state index is -1.66. The van der Waals surface area contributed by atoms with Gasteiger partial charge in [0.25, 0.3) is 0 Å². The van der Waals surface area contributed by atoms with E-state index in [1.54, 1.807) is 0 Å². The van der Waals surface area contributed by atoms with Gasteiger partial charge in [-0.2, -0.15) is 0 Å². The highest BCUT2D eigenvalue weighted by molar-refractivity contribution is 7.95. The van der Waals surface area contributed by atoms with Crippen LogP contribution in [0.25, 0.3) is 0 Å². The minimum absolute atomic E-state index is 0.242. The van der Waals surface area contributed by atoms with Gasteiger partial charge in [-0.15, -0.1) is 0 Å². The normalized spacial score (nSPS) is 13.8. The summed E-state index contributed by atoms with van der Waals surface area (Å²) in [6.07, 6.45) is 1.19. The van der Waals surface area contributed by atoms with Crippen LogP contribution in [-0.4, -0.2) is 6.66 Å². The molecule has 0 saturated carbocycles. The van der Waals surface area contributed by atoms with Crippen molar-refractivity contribution in [2.24, 2.45) is 10.8 Å². The van der Waals surface area contributed by atoms with Crippen molar-refractivity contribution in [3.8, 4) is 0 Å². The van der Waals surface area contributed by atoms with Crippen molar-refractivity contribution in [2.75, 3.05) is 6.66 Å². The maximum absolute atomic E-state index is 2.46. The lowest BCUT2D eigenvalue weighted by Crippen LogP contribution is -2.30. The first-order valence-corrected chi connectivity index (χ1v) is 13.3. The molecule has 0 aliphatic rings. The van der Waals surface area contributed by atoms with Gasteiger partial charge in [-0.05, 0) is 65.1 Å². The predicted octanol–water partition coefficient (Wildman–Crippen LogP) is 7.18. The Bertz CT molecular complexity index is 886. The zero-order valence-corrected chi connectivity index (χ0v) is 20.7. The first-order valence-electron chi connectivity index (χ1n) is 11.1. The second-order valence-corrected chi connectivity index (χ2v) is 14.5. The Labute approximate surface area is 185 Å². The third-order valence-corrected chi connectivity index (χ3v) is 10.2. The van der Waals surface area contributed by atoms with Gasteiger partial charge in [-0.25, -0.2) is 0 Å². The molecule has 0 saturated heterocycles. The van der Waals surface area contributed by atoms with Crippen LogP contribution in [0.2, 0.25) is 0 Å². The lowest BCUT2D eigenvalue weighted by atomic mass is 9.69. The molecular weight excluding hydrogens is 379 g/mol. The zero-order valence-electron chi connectivity index (χ0n) is 19.8. The average Bonchev–Trinajstić information content (AvgIpc) is 2.71. The molecule has 1 heteroatoms. The molecule has 158 valence electrons. The summed E-state index contributed by atoms with van der Waals surface area (Å²) < 4.78 is 0. The van der Waals surface area contributed by atoms with Crippen molar-refractivity contribution in [3.63, 3.8) is 0 Å². The Hall–Kier alpha value is -1.91. The van der Waals surface area contributed by atoms with E-state index in [9.17, 15) is 0 Å². The van der Waals surface area contributed by atoms with Crippen LogP contribution in [0.5, 0.6) is 0 Å². The molecule has 0 N–H and O–H groups in total. The number of rotatable bonds is 5. The molecule has 3 aromatic rings. The smallest absolute Gasteiger partial charge is 0.0620 e. The van der Waals surface area contributed by atoms with Gasteiger partial charge in [0.2, 0.25) is 0 Å². The molecule has 30 heavy (non-hydrogen) atoms. The number of benzene rings is 3. The second kappa shape index (κ2) is 8.68. The summed E-state index contributed by atoms with van der Waals surface area (Å²) in [5.74, 6) is 0.546. The second-order valence-electron chi connectivity index (χ2n) is 11.0. The SMILES string of the molecule is CC(C)(C)CC(c1ccc([P+](C)(c2ccccc2)c2ccccc2)cc1)C(C)(C)C. The van der Waals surface area contributed by atoms with Gasteiger partial charge in [-0.3, -0.25) is 0 Å². The summed E-state index contributed by atoms with van der Waals surface area (Å²) in [6, 6.07) is 31.7. The summed E-state index contributed by atoms with van der Waals surface area (Å²) in [6.45, 7) is 16.7. The molecule has 0 bridgehead atoms. The molecule has 1 atom stereocenters. The summed E-state index contributed by atoms with van der Waals surface area (Å²) in [5, 5.41) is 4.32. The molecular formula is C29H38P+. The number of hydrogen-bond donors (Lipinski definition) is 0. The van der Waals surface area contributed by atoms with Crippen LogP contribution < -0.4 is 15.9 Å². The van der Waals surface area contributed by atoms with Crippen LogP contribution in [0, 0.1) is 10.8 Å². The molecule has 1 unspecified atom stereocenters. The van der Waals surface area contributed by atoms with Crippen LogP contribution in [0.15, 0.2) is 84.9 Å². The highest BCUT2D eigenvalue weighted by atomic mass is 31.2. The van der Waals surface area contributed by atoms with Gasteiger partial charge in [0.05, 0.1) is 6.66 Å².